The first-order valence-electron chi connectivity index (χ1n) is 8.89. The standard InChI is InChI=1S/C19H20FN5O2.ClH/c1-25-19(22-17(24-25)13-8-10-21-11-9-13)23-18(26)16-7-6-15(27-16)12-2-4-14(20)5-3-12;/h2-7,13,21H,8-11H2,1H3,(H,22,23,24,26);1H. The Hall–Kier alpha value is -2.71. The van der Waals surface area contributed by atoms with Gasteiger partial charge in [-0.25, -0.2) is 9.07 Å². The lowest BCUT2D eigenvalue weighted by Crippen LogP contribution is -2.27. The van der Waals surface area contributed by atoms with Crippen molar-refractivity contribution in [2.24, 2.45) is 7.05 Å². The van der Waals surface area contributed by atoms with Gasteiger partial charge in [-0.1, -0.05) is 0 Å². The first-order valence-corrected chi connectivity index (χ1v) is 8.89. The van der Waals surface area contributed by atoms with Crippen molar-refractivity contribution in [3.63, 3.8) is 0 Å². The number of hydrogen-bond acceptors (Lipinski definition) is 5. The zero-order valence-corrected chi connectivity index (χ0v) is 16.1. The van der Waals surface area contributed by atoms with Crippen LogP contribution in [0.1, 0.15) is 35.1 Å². The summed E-state index contributed by atoms with van der Waals surface area (Å²) in [5.74, 6) is 1.35. The van der Waals surface area contributed by atoms with Crippen molar-refractivity contribution in [3.05, 3.63) is 53.8 Å². The number of nitrogens with zero attached hydrogens (tertiary/aromatic N) is 3. The van der Waals surface area contributed by atoms with Crippen LogP contribution in [-0.4, -0.2) is 33.8 Å². The van der Waals surface area contributed by atoms with Crippen molar-refractivity contribution in [2.45, 2.75) is 18.8 Å². The normalized spacial score (nSPS) is 14.5. The minimum Gasteiger partial charge on any atom is -0.451 e. The van der Waals surface area contributed by atoms with Crippen LogP contribution in [0.5, 0.6) is 0 Å². The monoisotopic (exact) mass is 405 g/mol. The SMILES string of the molecule is Cl.Cn1nc(C2CCNCC2)nc1NC(=O)c1ccc(-c2ccc(F)cc2)o1. The minimum atomic E-state index is -0.407. The molecule has 1 amide bonds. The Morgan fingerprint density at radius 2 is 1.93 bits per heavy atom. The summed E-state index contributed by atoms with van der Waals surface area (Å²) in [5.41, 5.74) is 0.697. The van der Waals surface area contributed by atoms with Gasteiger partial charge in [0.15, 0.2) is 11.6 Å². The minimum absolute atomic E-state index is 0. The number of benzene rings is 1. The molecule has 1 saturated heterocycles. The third-order valence-electron chi connectivity index (χ3n) is 4.67. The first-order chi connectivity index (χ1) is 13.1. The van der Waals surface area contributed by atoms with Crippen molar-refractivity contribution in [1.29, 1.82) is 0 Å². The molecule has 1 aliphatic heterocycles. The number of aromatic nitrogens is 3. The molecule has 0 radical (unpaired) electrons. The third kappa shape index (κ3) is 4.23. The fraction of sp³-hybridized carbons (Fsp3) is 0.316. The van der Waals surface area contributed by atoms with Crippen molar-refractivity contribution in [2.75, 3.05) is 18.4 Å². The van der Waals surface area contributed by atoms with E-state index in [0.29, 0.717) is 23.2 Å². The van der Waals surface area contributed by atoms with E-state index < -0.39 is 5.91 Å². The Labute approximate surface area is 167 Å². The number of nitrogens with one attached hydrogen (secondary N) is 2. The van der Waals surface area contributed by atoms with Gasteiger partial charge in [0, 0.05) is 18.5 Å². The van der Waals surface area contributed by atoms with Gasteiger partial charge in [-0.2, -0.15) is 10.1 Å². The maximum absolute atomic E-state index is 13.0. The average molecular weight is 406 g/mol. The number of anilines is 1. The number of amides is 1. The number of carbonyl (C=O) groups excluding carboxylic acids is 1. The lowest BCUT2D eigenvalue weighted by Gasteiger charge is -2.19. The highest BCUT2D eigenvalue weighted by atomic mass is 35.5. The second-order valence-electron chi connectivity index (χ2n) is 6.57. The summed E-state index contributed by atoms with van der Waals surface area (Å²) in [6, 6.07) is 9.16. The molecule has 2 N–H and O–H groups in total. The summed E-state index contributed by atoms with van der Waals surface area (Å²) >= 11 is 0. The molecule has 3 heterocycles. The maximum Gasteiger partial charge on any atom is 0.293 e. The van der Waals surface area contributed by atoms with E-state index in [2.05, 4.69) is 20.7 Å². The van der Waals surface area contributed by atoms with Crippen LogP contribution in [0.25, 0.3) is 11.3 Å². The van der Waals surface area contributed by atoms with Crippen molar-refractivity contribution < 1.29 is 13.6 Å². The molecule has 0 aliphatic carbocycles. The third-order valence-corrected chi connectivity index (χ3v) is 4.67. The van der Waals surface area contributed by atoms with Gasteiger partial charge in [-0.3, -0.25) is 10.1 Å². The Morgan fingerprint density at radius 1 is 1.21 bits per heavy atom. The molecule has 1 aliphatic rings. The zero-order valence-electron chi connectivity index (χ0n) is 15.3. The van der Waals surface area contributed by atoms with Crippen LogP contribution in [0, 0.1) is 5.82 Å². The van der Waals surface area contributed by atoms with Crippen LogP contribution in [-0.2, 0) is 7.05 Å². The largest absolute Gasteiger partial charge is 0.451 e. The van der Waals surface area contributed by atoms with E-state index in [1.54, 1.807) is 36.0 Å². The molecule has 0 spiro atoms. The molecule has 1 fully saturated rings. The summed E-state index contributed by atoms with van der Waals surface area (Å²) in [6.45, 7) is 1.90. The molecule has 148 valence electrons. The van der Waals surface area contributed by atoms with Crippen molar-refractivity contribution >= 4 is 24.3 Å². The smallest absolute Gasteiger partial charge is 0.293 e. The molecule has 0 unspecified atom stereocenters. The number of rotatable bonds is 4. The van der Waals surface area contributed by atoms with Gasteiger partial charge in [0.2, 0.25) is 5.95 Å². The molecule has 9 heteroatoms. The summed E-state index contributed by atoms with van der Waals surface area (Å²) in [7, 11) is 1.75. The molecule has 3 aromatic rings. The first kappa shape index (κ1) is 20.0. The van der Waals surface area contributed by atoms with Crippen LogP contribution in [0.2, 0.25) is 0 Å². The Balaban J connectivity index is 0.00000225. The highest BCUT2D eigenvalue weighted by Gasteiger charge is 2.22. The van der Waals surface area contributed by atoms with Crippen molar-refractivity contribution in [1.82, 2.24) is 20.1 Å². The van der Waals surface area contributed by atoms with Gasteiger partial charge >= 0.3 is 0 Å². The van der Waals surface area contributed by atoms with Crippen LogP contribution in [0.3, 0.4) is 0 Å². The van der Waals surface area contributed by atoms with E-state index in [0.717, 1.165) is 31.8 Å². The molecule has 0 saturated carbocycles. The van der Waals surface area contributed by atoms with E-state index >= 15 is 0 Å². The topological polar surface area (TPSA) is 85.0 Å². The van der Waals surface area contributed by atoms with Crippen LogP contribution >= 0.6 is 12.4 Å². The zero-order chi connectivity index (χ0) is 18.8. The number of piperidine rings is 1. The van der Waals surface area contributed by atoms with Crippen molar-refractivity contribution in [3.8, 4) is 11.3 Å². The van der Waals surface area contributed by atoms with Crippen LogP contribution < -0.4 is 10.6 Å². The van der Waals surface area contributed by atoms with Gasteiger partial charge in [0.1, 0.15) is 11.6 Å². The number of hydrogen-bond donors (Lipinski definition) is 2. The Bertz CT molecular complexity index is 948. The van der Waals surface area contributed by atoms with Gasteiger partial charge < -0.3 is 9.73 Å². The fourth-order valence-electron chi connectivity index (χ4n) is 3.16. The van der Waals surface area contributed by atoms with Gasteiger partial charge in [-0.05, 0) is 62.3 Å². The molecule has 1 aromatic carbocycles. The highest BCUT2D eigenvalue weighted by Crippen LogP contribution is 2.25. The molecule has 0 atom stereocenters. The van der Waals surface area contributed by atoms with Gasteiger partial charge in [0.25, 0.3) is 5.91 Å². The van der Waals surface area contributed by atoms with E-state index in [1.165, 1.54) is 12.1 Å². The fourth-order valence-corrected chi connectivity index (χ4v) is 3.16. The second kappa shape index (κ2) is 8.53. The van der Waals surface area contributed by atoms with E-state index in [-0.39, 0.29) is 24.0 Å². The quantitative estimate of drug-likeness (QED) is 0.695. The molecular formula is C19H21ClFN5O2. The molecule has 7 nitrogen and oxygen atoms in total. The summed E-state index contributed by atoms with van der Waals surface area (Å²) in [4.78, 5) is 17.0. The van der Waals surface area contributed by atoms with E-state index in [1.807, 2.05) is 0 Å². The summed E-state index contributed by atoms with van der Waals surface area (Å²) < 4.78 is 20.2. The van der Waals surface area contributed by atoms with Gasteiger partial charge in [0.05, 0.1) is 0 Å². The molecule has 28 heavy (non-hydrogen) atoms. The predicted molar refractivity (Wildman–Crippen MR) is 105 cm³/mol. The van der Waals surface area contributed by atoms with E-state index in [9.17, 15) is 9.18 Å². The number of furan rings is 1. The number of halogens is 2. The highest BCUT2D eigenvalue weighted by molar-refractivity contribution is 6.01. The summed E-state index contributed by atoms with van der Waals surface area (Å²) in [6.07, 6.45) is 1.97. The Kier molecular flexibility index (Phi) is 6.11. The van der Waals surface area contributed by atoms with Crippen LogP contribution in [0.15, 0.2) is 40.8 Å². The van der Waals surface area contributed by atoms with Crippen LogP contribution in [0.4, 0.5) is 10.3 Å². The second-order valence-corrected chi connectivity index (χ2v) is 6.57. The lowest BCUT2D eigenvalue weighted by atomic mass is 9.98. The number of aryl methyl sites for hydroxylation is 1. The molecule has 2 aromatic heterocycles. The summed E-state index contributed by atoms with van der Waals surface area (Å²) in [5, 5.41) is 10.5. The Morgan fingerprint density at radius 3 is 2.64 bits per heavy atom. The predicted octanol–water partition coefficient (Wildman–Crippen LogP) is 3.36. The van der Waals surface area contributed by atoms with E-state index in [4.69, 9.17) is 4.42 Å². The molecule has 4 rings (SSSR count). The lowest BCUT2D eigenvalue weighted by molar-refractivity contribution is 0.0996. The van der Waals surface area contributed by atoms with Gasteiger partial charge in [-0.15, -0.1) is 12.4 Å². The number of carbonyl (C=O) groups is 1. The average Bonchev–Trinajstić information content (AvgIpc) is 3.31. The maximum atomic E-state index is 13.0. The molecule has 0 bridgehead atoms. The molecular weight excluding hydrogens is 385 g/mol.